The summed E-state index contributed by atoms with van der Waals surface area (Å²) in [6.45, 7) is 4.02. The van der Waals surface area contributed by atoms with Crippen molar-refractivity contribution in [1.82, 2.24) is 15.0 Å². The number of aryl methyl sites for hydroxylation is 2. The monoisotopic (exact) mass is 410 g/mol. The van der Waals surface area contributed by atoms with Gasteiger partial charge in [0.2, 0.25) is 0 Å². The number of hydrogen-bond acceptors (Lipinski definition) is 7. The normalized spacial score (nSPS) is 10.9. The minimum Gasteiger partial charge on any atom is -0.493 e. The van der Waals surface area contributed by atoms with Gasteiger partial charge in [0.15, 0.2) is 11.5 Å². The van der Waals surface area contributed by atoms with Crippen LogP contribution in [-0.4, -0.2) is 22.1 Å². The number of nitrogens with zero attached hydrogens (tertiary/aromatic N) is 3. The van der Waals surface area contributed by atoms with Crippen molar-refractivity contribution in [2.24, 2.45) is 0 Å². The van der Waals surface area contributed by atoms with E-state index in [1.165, 1.54) is 12.4 Å². The molecule has 0 spiro atoms. The van der Waals surface area contributed by atoms with Gasteiger partial charge < -0.3 is 14.8 Å². The summed E-state index contributed by atoms with van der Waals surface area (Å²) in [4.78, 5) is 13.1. The second kappa shape index (κ2) is 8.00. The molecule has 0 unspecified atom stereocenters. The van der Waals surface area contributed by atoms with Crippen molar-refractivity contribution in [2.75, 3.05) is 12.4 Å². The van der Waals surface area contributed by atoms with Crippen LogP contribution in [0.5, 0.6) is 11.5 Å². The van der Waals surface area contributed by atoms with Gasteiger partial charge in [0.25, 0.3) is 0 Å². The fraction of sp³-hybridized carbons (Fsp3) is 0.190. The first-order valence-electron chi connectivity index (χ1n) is 8.93. The number of rotatable bonds is 6. The van der Waals surface area contributed by atoms with Crippen molar-refractivity contribution in [2.45, 2.75) is 20.5 Å². The molecule has 6 nitrogen and oxygen atoms in total. The molecule has 2 aromatic heterocycles. The third-order valence-corrected chi connectivity index (χ3v) is 5.21. The van der Waals surface area contributed by atoms with E-state index in [-0.39, 0.29) is 5.82 Å². The summed E-state index contributed by atoms with van der Waals surface area (Å²) in [5.74, 6) is 1.49. The third kappa shape index (κ3) is 4.12. The van der Waals surface area contributed by atoms with Crippen LogP contribution in [0, 0.1) is 19.7 Å². The standard InChI is InChI=1S/C21H19FN4O2S/c1-12-6-14(4-5-17(12)22)26-21-16-7-19(27-3)20(8-18(16)23-11-24-21)28-9-15-10-29-13(2)25-15/h4-8,10-11H,9H2,1-3H3,(H,23,24,26). The minimum absolute atomic E-state index is 0.248. The van der Waals surface area contributed by atoms with Gasteiger partial charge in [-0.2, -0.15) is 0 Å². The number of fused-ring (bicyclic) bond motifs is 1. The van der Waals surface area contributed by atoms with E-state index in [0.717, 1.165) is 21.8 Å². The molecule has 4 rings (SSSR count). The molecule has 8 heteroatoms. The Hall–Kier alpha value is -3.26. The largest absolute Gasteiger partial charge is 0.493 e. The smallest absolute Gasteiger partial charge is 0.163 e. The van der Waals surface area contributed by atoms with E-state index < -0.39 is 0 Å². The summed E-state index contributed by atoms with van der Waals surface area (Å²) in [7, 11) is 1.58. The van der Waals surface area contributed by atoms with Crippen molar-refractivity contribution in [3.05, 3.63) is 64.1 Å². The highest BCUT2D eigenvalue weighted by Crippen LogP contribution is 2.35. The zero-order valence-electron chi connectivity index (χ0n) is 16.2. The summed E-state index contributed by atoms with van der Waals surface area (Å²) < 4.78 is 25.0. The number of benzene rings is 2. The van der Waals surface area contributed by atoms with E-state index in [1.54, 1.807) is 37.5 Å². The van der Waals surface area contributed by atoms with Crippen molar-refractivity contribution in [3.8, 4) is 11.5 Å². The highest BCUT2D eigenvalue weighted by Gasteiger charge is 2.13. The number of hydrogen-bond donors (Lipinski definition) is 1. The van der Waals surface area contributed by atoms with Gasteiger partial charge in [0.1, 0.15) is 24.6 Å². The molecule has 0 bridgehead atoms. The van der Waals surface area contributed by atoms with Gasteiger partial charge in [0.05, 0.1) is 23.3 Å². The second-order valence-corrected chi connectivity index (χ2v) is 7.54. The number of nitrogens with one attached hydrogen (secondary N) is 1. The molecule has 0 saturated carbocycles. The van der Waals surface area contributed by atoms with Crippen LogP contribution in [0.4, 0.5) is 15.9 Å². The van der Waals surface area contributed by atoms with E-state index in [2.05, 4.69) is 20.3 Å². The lowest BCUT2D eigenvalue weighted by Crippen LogP contribution is -2.01. The van der Waals surface area contributed by atoms with Crippen LogP contribution in [0.3, 0.4) is 0 Å². The van der Waals surface area contributed by atoms with Crippen LogP contribution in [0.25, 0.3) is 10.9 Å². The van der Waals surface area contributed by atoms with Crippen LogP contribution in [-0.2, 0) is 6.61 Å². The molecular formula is C21H19FN4O2S. The van der Waals surface area contributed by atoms with Crippen LogP contribution in [0.1, 0.15) is 16.3 Å². The molecule has 0 aliphatic carbocycles. The lowest BCUT2D eigenvalue weighted by Gasteiger charge is -2.13. The zero-order valence-corrected chi connectivity index (χ0v) is 17.0. The molecular weight excluding hydrogens is 391 g/mol. The minimum atomic E-state index is -0.248. The van der Waals surface area contributed by atoms with Crippen molar-refractivity contribution >= 4 is 33.7 Å². The molecule has 0 saturated heterocycles. The van der Waals surface area contributed by atoms with Gasteiger partial charge in [-0.15, -0.1) is 11.3 Å². The van der Waals surface area contributed by atoms with Crippen LogP contribution in [0.15, 0.2) is 42.0 Å². The molecule has 4 aromatic rings. The molecule has 2 heterocycles. The van der Waals surface area contributed by atoms with Gasteiger partial charge >= 0.3 is 0 Å². The van der Waals surface area contributed by atoms with Crippen LogP contribution in [0.2, 0.25) is 0 Å². The number of thiazole rings is 1. The lowest BCUT2D eigenvalue weighted by atomic mass is 10.2. The number of ether oxygens (including phenoxy) is 2. The Balaban J connectivity index is 1.66. The molecule has 0 fully saturated rings. The van der Waals surface area contributed by atoms with E-state index in [1.807, 2.05) is 24.4 Å². The predicted octanol–water partition coefficient (Wildman–Crippen LogP) is 5.17. The van der Waals surface area contributed by atoms with E-state index >= 15 is 0 Å². The Labute approximate surface area is 171 Å². The van der Waals surface area contributed by atoms with E-state index in [4.69, 9.17) is 9.47 Å². The summed E-state index contributed by atoms with van der Waals surface area (Å²) in [5.41, 5.74) is 2.86. The Morgan fingerprint density at radius 2 is 1.97 bits per heavy atom. The van der Waals surface area contributed by atoms with Gasteiger partial charge in [-0.05, 0) is 43.7 Å². The first-order valence-corrected chi connectivity index (χ1v) is 9.81. The Morgan fingerprint density at radius 3 is 2.69 bits per heavy atom. The molecule has 2 aromatic carbocycles. The molecule has 0 aliphatic rings. The quantitative estimate of drug-likeness (QED) is 0.473. The average Bonchev–Trinajstić information content (AvgIpc) is 3.14. The number of methoxy groups -OCH3 is 1. The molecule has 0 aliphatic heterocycles. The van der Waals surface area contributed by atoms with Crippen molar-refractivity contribution < 1.29 is 13.9 Å². The van der Waals surface area contributed by atoms with E-state index in [0.29, 0.717) is 35.0 Å². The molecule has 0 amide bonds. The van der Waals surface area contributed by atoms with Crippen LogP contribution < -0.4 is 14.8 Å². The van der Waals surface area contributed by atoms with Gasteiger partial charge in [-0.25, -0.2) is 19.3 Å². The molecule has 0 radical (unpaired) electrons. The van der Waals surface area contributed by atoms with Gasteiger partial charge in [-0.3, -0.25) is 0 Å². The summed E-state index contributed by atoms with van der Waals surface area (Å²) in [5, 5.41) is 6.95. The van der Waals surface area contributed by atoms with Crippen molar-refractivity contribution in [1.29, 1.82) is 0 Å². The third-order valence-electron chi connectivity index (χ3n) is 4.38. The van der Waals surface area contributed by atoms with E-state index in [9.17, 15) is 4.39 Å². The Morgan fingerprint density at radius 1 is 1.10 bits per heavy atom. The average molecular weight is 410 g/mol. The molecule has 1 N–H and O–H groups in total. The molecule has 29 heavy (non-hydrogen) atoms. The summed E-state index contributed by atoms with van der Waals surface area (Å²) in [6, 6.07) is 8.47. The van der Waals surface area contributed by atoms with Crippen molar-refractivity contribution in [3.63, 3.8) is 0 Å². The van der Waals surface area contributed by atoms with Gasteiger partial charge in [0, 0.05) is 22.5 Å². The second-order valence-electron chi connectivity index (χ2n) is 6.48. The summed E-state index contributed by atoms with van der Waals surface area (Å²) in [6.07, 6.45) is 1.47. The highest BCUT2D eigenvalue weighted by atomic mass is 32.1. The zero-order chi connectivity index (χ0) is 20.4. The molecule has 148 valence electrons. The lowest BCUT2D eigenvalue weighted by molar-refractivity contribution is 0.282. The number of aromatic nitrogens is 3. The maximum Gasteiger partial charge on any atom is 0.163 e. The Bertz CT molecular complexity index is 1180. The SMILES string of the molecule is COc1cc2c(Nc3ccc(F)c(C)c3)ncnc2cc1OCc1csc(C)n1. The highest BCUT2D eigenvalue weighted by molar-refractivity contribution is 7.09. The van der Waals surface area contributed by atoms with Gasteiger partial charge in [-0.1, -0.05) is 0 Å². The first kappa shape index (κ1) is 19.1. The first-order chi connectivity index (χ1) is 14.0. The Kier molecular flexibility index (Phi) is 5.26. The topological polar surface area (TPSA) is 69.2 Å². The maximum absolute atomic E-state index is 13.5. The molecule has 0 atom stereocenters. The number of halogens is 1. The van der Waals surface area contributed by atoms with Crippen LogP contribution >= 0.6 is 11.3 Å². The number of anilines is 2. The fourth-order valence-corrected chi connectivity index (χ4v) is 3.52. The summed E-state index contributed by atoms with van der Waals surface area (Å²) >= 11 is 1.58. The maximum atomic E-state index is 13.5. The fourth-order valence-electron chi connectivity index (χ4n) is 2.92. The predicted molar refractivity (Wildman–Crippen MR) is 112 cm³/mol.